The Bertz CT molecular complexity index is 533. The summed E-state index contributed by atoms with van der Waals surface area (Å²) in [6.07, 6.45) is 0. The maximum atomic E-state index is 5.72. The fourth-order valence-corrected chi connectivity index (χ4v) is 2.77. The van der Waals surface area contributed by atoms with Crippen LogP contribution in [0.5, 0.6) is 5.75 Å². The largest absolute Gasteiger partial charge is 0.493 e. The lowest BCUT2D eigenvalue weighted by molar-refractivity contribution is 0.344. The van der Waals surface area contributed by atoms with Gasteiger partial charge in [0.05, 0.1) is 6.61 Å². The summed E-state index contributed by atoms with van der Waals surface area (Å²) in [4.78, 5) is 9.20. The van der Waals surface area contributed by atoms with Crippen LogP contribution in [0.1, 0.15) is 27.7 Å². The van der Waals surface area contributed by atoms with Crippen molar-refractivity contribution in [3.63, 3.8) is 0 Å². The van der Waals surface area contributed by atoms with Crippen molar-refractivity contribution in [2.45, 2.75) is 45.3 Å². The van der Waals surface area contributed by atoms with Gasteiger partial charge in [-0.05, 0) is 39.8 Å². The summed E-state index contributed by atoms with van der Waals surface area (Å²) in [5, 5.41) is 9.80. The molecule has 1 aromatic carbocycles. The maximum Gasteiger partial charge on any atom is 0.201 e. The lowest BCUT2D eigenvalue weighted by Crippen LogP contribution is -2.52. The van der Waals surface area contributed by atoms with Gasteiger partial charge >= 0.3 is 0 Å². The molecule has 0 saturated heterocycles. The van der Waals surface area contributed by atoms with Gasteiger partial charge in [0.2, 0.25) is 11.9 Å². The zero-order chi connectivity index (χ0) is 17.4. The van der Waals surface area contributed by atoms with Crippen LogP contribution in [0.3, 0.4) is 0 Å². The average Bonchev–Trinajstić information content (AvgIpc) is 2.51. The zero-order valence-electron chi connectivity index (χ0n) is 14.7. The van der Waals surface area contributed by atoms with Crippen LogP contribution in [-0.2, 0) is 0 Å². The first-order valence-corrected chi connectivity index (χ1v) is 9.33. The van der Waals surface area contributed by atoms with Crippen molar-refractivity contribution in [1.29, 1.82) is 0 Å². The molecule has 6 nitrogen and oxygen atoms in total. The molecule has 0 radical (unpaired) electrons. The Kier molecular flexibility index (Phi) is 7.24. The van der Waals surface area contributed by atoms with Crippen LogP contribution >= 0.6 is 11.8 Å². The fraction of sp³-hybridized carbons (Fsp3) is 0.529. The van der Waals surface area contributed by atoms with Crippen LogP contribution in [0.2, 0.25) is 0 Å². The summed E-state index contributed by atoms with van der Waals surface area (Å²) in [6.45, 7) is 8.97. The summed E-state index contributed by atoms with van der Waals surface area (Å²) < 4.78 is 5.72. The number of ether oxygens (including phenoxy) is 1. The van der Waals surface area contributed by atoms with Gasteiger partial charge in [-0.25, -0.2) is 9.98 Å². The van der Waals surface area contributed by atoms with Gasteiger partial charge in [0.15, 0.2) is 5.50 Å². The number of aliphatic imine (C=N–C) groups is 2. The van der Waals surface area contributed by atoms with Crippen LogP contribution in [0.4, 0.5) is 0 Å². The maximum absolute atomic E-state index is 5.72. The number of guanidine groups is 2. The molecule has 0 unspecified atom stereocenters. The van der Waals surface area contributed by atoms with Crippen LogP contribution in [0.15, 0.2) is 40.3 Å². The first kappa shape index (κ1) is 18.4. The van der Waals surface area contributed by atoms with Crippen molar-refractivity contribution in [1.82, 2.24) is 16.0 Å². The SMILES string of the molecule is CC(C)NC1=NC(SCCOc2ccccc2)N=C(NC(C)C)N1. The Labute approximate surface area is 148 Å². The first-order valence-electron chi connectivity index (χ1n) is 8.28. The molecule has 0 fully saturated rings. The molecule has 7 heteroatoms. The number of hydrogen-bond donors (Lipinski definition) is 3. The third-order valence-corrected chi connectivity index (χ3v) is 3.84. The second-order valence-electron chi connectivity index (χ2n) is 6.04. The summed E-state index contributed by atoms with van der Waals surface area (Å²) in [7, 11) is 0. The summed E-state index contributed by atoms with van der Waals surface area (Å²) in [6, 6.07) is 10.5. The summed E-state index contributed by atoms with van der Waals surface area (Å²) in [5.74, 6) is 3.21. The van der Waals surface area contributed by atoms with Crippen molar-refractivity contribution in [3.05, 3.63) is 30.3 Å². The predicted molar refractivity (Wildman–Crippen MR) is 103 cm³/mol. The number of nitrogens with one attached hydrogen (secondary N) is 3. The van der Waals surface area contributed by atoms with E-state index in [1.807, 2.05) is 30.3 Å². The Hall–Kier alpha value is -1.89. The summed E-state index contributed by atoms with van der Waals surface area (Å²) >= 11 is 1.66. The summed E-state index contributed by atoms with van der Waals surface area (Å²) in [5.41, 5.74) is -0.173. The Morgan fingerprint density at radius 2 is 1.62 bits per heavy atom. The fourth-order valence-electron chi connectivity index (χ4n) is 2.02. The number of thioether (sulfide) groups is 1. The molecule has 0 spiro atoms. The molecule has 1 aromatic rings. The number of rotatable bonds is 7. The number of nitrogens with zero attached hydrogens (tertiary/aromatic N) is 2. The molecule has 24 heavy (non-hydrogen) atoms. The van der Waals surface area contributed by atoms with Crippen LogP contribution in [0, 0.1) is 0 Å². The van der Waals surface area contributed by atoms with Crippen molar-refractivity contribution >= 4 is 23.7 Å². The third kappa shape index (κ3) is 6.70. The van der Waals surface area contributed by atoms with Crippen molar-refractivity contribution < 1.29 is 4.74 Å². The van der Waals surface area contributed by atoms with E-state index in [1.165, 1.54) is 0 Å². The third-order valence-electron chi connectivity index (χ3n) is 2.93. The van der Waals surface area contributed by atoms with Gasteiger partial charge in [0.25, 0.3) is 0 Å². The monoisotopic (exact) mass is 349 g/mol. The lowest BCUT2D eigenvalue weighted by atomic mass is 10.3. The van der Waals surface area contributed by atoms with Gasteiger partial charge in [0, 0.05) is 17.8 Å². The smallest absolute Gasteiger partial charge is 0.201 e. The van der Waals surface area contributed by atoms with E-state index in [9.17, 15) is 0 Å². The van der Waals surface area contributed by atoms with Gasteiger partial charge in [0.1, 0.15) is 5.75 Å². The lowest BCUT2D eigenvalue weighted by Gasteiger charge is -2.24. The number of hydrogen-bond acceptors (Lipinski definition) is 7. The Morgan fingerprint density at radius 1 is 1.04 bits per heavy atom. The highest BCUT2D eigenvalue weighted by molar-refractivity contribution is 7.99. The van der Waals surface area contributed by atoms with Gasteiger partial charge in [-0.15, -0.1) is 11.8 Å². The molecular weight excluding hydrogens is 322 g/mol. The van der Waals surface area contributed by atoms with Crippen LogP contribution in [0.25, 0.3) is 0 Å². The molecule has 1 heterocycles. The molecule has 0 bridgehead atoms. The molecule has 0 saturated carbocycles. The second kappa shape index (κ2) is 9.42. The van der Waals surface area contributed by atoms with E-state index in [2.05, 4.69) is 53.6 Å². The molecule has 1 aliphatic heterocycles. The van der Waals surface area contributed by atoms with E-state index in [1.54, 1.807) is 11.8 Å². The normalized spacial score (nSPS) is 14.9. The van der Waals surface area contributed by atoms with Gasteiger partial charge in [-0.1, -0.05) is 18.2 Å². The van der Waals surface area contributed by atoms with Crippen molar-refractivity contribution in [3.8, 4) is 5.75 Å². The van der Waals surface area contributed by atoms with Crippen LogP contribution < -0.4 is 20.7 Å². The first-order chi connectivity index (χ1) is 11.5. The minimum atomic E-state index is -0.173. The molecule has 0 aromatic heterocycles. The van der Waals surface area contributed by atoms with E-state index in [0.717, 1.165) is 23.4 Å². The molecule has 2 rings (SSSR count). The molecular formula is C17H27N5OS. The standard InChI is InChI=1S/C17H27N5OS/c1-12(2)18-15-20-16(19-13(3)4)22-17(21-15)24-11-10-23-14-8-6-5-7-9-14/h5-9,12-13,17H,10-11H2,1-4H3,(H3,18,19,20,21,22). The van der Waals surface area contributed by atoms with Gasteiger partial charge < -0.3 is 15.4 Å². The minimum Gasteiger partial charge on any atom is -0.493 e. The van der Waals surface area contributed by atoms with Gasteiger partial charge in [-0.3, -0.25) is 5.32 Å². The van der Waals surface area contributed by atoms with E-state index in [0.29, 0.717) is 18.7 Å². The van der Waals surface area contributed by atoms with Crippen LogP contribution in [-0.4, -0.2) is 41.9 Å². The van der Waals surface area contributed by atoms with E-state index < -0.39 is 0 Å². The molecule has 0 aliphatic carbocycles. The zero-order valence-corrected chi connectivity index (χ0v) is 15.6. The molecule has 1 aliphatic rings. The minimum absolute atomic E-state index is 0.173. The highest BCUT2D eigenvalue weighted by Crippen LogP contribution is 2.17. The van der Waals surface area contributed by atoms with E-state index in [-0.39, 0.29) is 5.50 Å². The van der Waals surface area contributed by atoms with E-state index >= 15 is 0 Å². The van der Waals surface area contributed by atoms with Crippen molar-refractivity contribution in [2.75, 3.05) is 12.4 Å². The Balaban J connectivity index is 1.86. The average molecular weight is 350 g/mol. The molecule has 132 valence electrons. The Morgan fingerprint density at radius 3 is 2.17 bits per heavy atom. The molecule has 0 atom stereocenters. The van der Waals surface area contributed by atoms with Crippen molar-refractivity contribution in [2.24, 2.45) is 9.98 Å². The topological polar surface area (TPSA) is 70.0 Å². The van der Waals surface area contributed by atoms with Gasteiger partial charge in [-0.2, -0.15) is 0 Å². The highest BCUT2D eigenvalue weighted by Gasteiger charge is 2.17. The highest BCUT2D eigenvalue weighted by atomic mass is 32.2. The quantitative estimate of drug-likeness (QED) is 0.660. The predicted octanol–water partition coefficient (Wildman–Crippen LogP) is 2.39. The molecule has 0 amide bonds. The second-order valence-corrected chi connectivity index (χ2v) is 7.20. The molecule has 3 N–H and O–H groups in total. The van der Waals surface area contributed by atoms with E-state index in [4.69, 9.17) is 4.74 Å². The number of para-hydroxylation sites is 1. The number of benzene rings is 1.